The summed E-state index contributed by atoms with van der Waals surface area (Å²) in [4.78, 5) is 0. The molecule has 1 aromatic heterocycles. The van der Waals surface area contributed by atoms with Crippen LogP contribution in [0.15, 0.2) is 23.0 Å². The highest BCUT2D eigenvalue weighted by molar-refractivity contribution is 5.11. The molecule has 0 aliphatic rings. The van der Waals surface area contributed by atoms with Crippen LogP contribution in [-0.2, 0) is 4.74 Å². The van der Waals surface area contributed by atoms with Gasteiger partial charge in [-0.3, -0.25) is 0 Å². The molecule has 1 heterocycles. The van der Waals surface area contributed by atoms with E-state index < -0.39 is 0 Å². The monoisotopic (exact) mass is 211 g/mol. The van der Waals surface area contributed by atoms with Crippen LogP contribution >= 0.6 is 0 Å². The van der Waals surface area contributed by atoms with Crippen LogP contribution in [-0.4, -0.2) is 19.8 Å². The van der Waals surface area contributed by atoms with Gasteiger partial charge in [0.2, 0.25) is 0 Å². The van der Waals surface area contributed by atoms with Crippen LogP contribution in [0.1, 0.15) is 38.3 Å². The first-order valence-electron chi connectivity index (χ1n) is 5.71. The van der Waals surface area contributed by atoms with Crippen molar-refractivity contribution in [2.75, 3.05) is 19.8 Å². The van der Waals surface area contributed by atoms with E-state index in [4.69, 9.17) is 9.15 Å². The van der Waals surface area contributed by atoms with Crippen LogP contribution in [0.4, 0.5) is 0 Å². The lowest BCUT2D eigenvalue weighted by Gasteiger charge is -2.16. The molecule has 1 atom stereocenters. The molecule has 0 amide bonds. The third kappa shape index (κ3) is 4.49. The molecule has 0 saturated heterocycles. The maximum absolute atomic E-state index is 5.56. The molecule has 0 spiro atoms. The van der Waals surface area contributed by atoms with Crippen molar-refractivity contribution < 1.29 is 9.15 Å². The second-order valence-corrected chi connectivity index (χ2v) is 3.64. The number of nitrogens with one attached hydrogen (secondary N) is 1. The van der Waals surface area contributed by atoms with E-state index in [-0.39, 0.29) is 6.04 Å². The number of hydrogen-bond acceptors (Lipinski definition) is 3. The molecule has 15 heavy (non-hydrogen) atoms. The molecule has 1 rings (SSSR count). The number of furan rings is 1. The van der Waals surface area contributed by atoms with Gasteiger partial charge in [0.1, 0.15) is 0 Å². The second kappa shape index (κ2) is 7.49. The summed E-state index contributed by atoms with van der Waals surface area (Å²) in [6.07, 6.45) is 5.67. The van der Waals surface area contributed by atoms with E-state index in [1.165, 1.54) is 5.56 Å². The molecular formula is C12H21NO2. The Morgan fingerprint density at radius 1 is 1.40 bits per heavy atom. The van der Waals surface area contributed by atoms with Gasteiger partial charge < -0.3 is 14.5 Å². The van der Waals surface area contributed by atoms with Crippen LogP contribution in [0.25, 0.3) is 0 Å². The van der Waals surface area contributed by atoms with Gasteiger partial charge in [0.05, 0.1) is 25.2 Å². The van der Waals surface area contributed by atoms with Gasteiger partial charge in [-0.25, -0.2) is 0 Å². The molecule has 0 aliphatic heterocycles. The number of ether oxygens (including phenoxy) is 1. The predicted molar refractivity (Wildman–Crippen MR) is 60.9 cm³/mol. The summed E-state index contributed by atoms with van der Waals surface area (Å²) >= 11 is 0. The largest absolute Gasteiger partial charge is 0.472 e. The van der Waals surface area contributed by atoms with Gasteiger partial charge in [-0.05, 0) is 25.5 Å². The molecular weight excluding hydrogens is 190 g/mol. The Morgan fingerprint density at radius 2 is 2.27 bits per heavy atom. The summed E-state index contributed by atoms with van der Waals surface area (Å²) in [6.45, 7) is 6.82. The van der Waals surface area contributed by atoms with Gasteiger partial charge in [0.15, 0.2) is 0 Å². The Morgan fingerprint density at radius 3 is 2.87 bits per heavy atom. The van der Waals surface area contributed by atoms with Gasteiger partial charge in [-0.2, -0.15) is 0 Å². The minimum absolute atomic E-state index is 0.259. The highest BCUT2D eigenvalue weighted by atomic mass is 16.5. The molecule has 0 aromatic carbocycles. The maximum atomic E-state index is 5.56. The lowest BCUT2D eigenvalue weighted by Crippen LogP contribution is -2.26. The second-order valence-electron chi connectivity index (χ2n) is 3.64. The molecule has 0 radical (unpaired) electrons. The molecule has 0 aliphatic carbocycles. The van der Waals surface area contributed by atoms with Crippen molar-refractivity contribution in [3.8, 4) is 0 Å². The highest BCUT2D eigenvalue weighted by Crippen LogP contribution is 2.13. The van der Waals surface area contributed by atoms with Crippen molar-refractivity contribution in [3.05, 3.63) is 24.2 Å². The van der Waals surface area contributed by atoms with E-state index in [1.54, 1.807) is 12.5 Å². The van der Waals surface area contributed by atoms with E-state index in [9.17, 15) is 0 Å². The van der Waals surface area contributed by atoms with Crippen LogP contribution in [0.2, 0.25) is 0 Å². The number of rotatable bonds is 8. The fourth-order valence-corrected chi connectivity index (χ4v) is 1.41. The smallest absolute Gasteiger partial charge is 0.0951 e. The van der Waals surface area contributed by atoms with Crippen molar-refractivity contribution in [2.45, 2.75) is 32.7 Å². The third-order valence-electron chi connectivity index (χ3n) is 2.22. The normalized spacial score (nSPS) is 12.9. The SMILES string of the molecule is CCCNC(COCCC)c1ccoc1. The fourth-order valence-electron chi connectivity index (χ4n) is 1.41. The Kier molecular flexibility index (Phi) is 6.12. The number of hydrogen-bond donors (Lipinski definition) is 1. The van der Waals surface area contributed by atoms with E-state index >= 15 is 0 Å². The summed E-state index contributed by atoms with van der Waals surface area (Å²) in [6, 6.07) is 2.25. The highest BCUT2D eigenvalue weighted by Gasteiger charge is 2.11. The standard InChI is InChI=1S/C12H21NO2/c1-3-6-13-12(10-14-7-4-2)11-5-8-15-9-11/h5,8-9,12-13H,3-4,6-7,10H2,1-2H3. The van der Waals surface area contributed by atoms with Gasteiger partial charge >= 0.3 is 0 Å². The van der Waals surface area contributed by atoms with Gasteiger partial charge in [0.25, 0.3) is 0 Å². The Hall–Kier alpha value is -0.800. The molecule has 3 heteroatoms. The van der Waals surface area contributed by atoms with Gasteiger partial charge in [-0.1, -0.05) is 13.8 Å². The van der Waals surface area contributed by atoms with Crippen molar-refractivity contribution in [1.82, 2.24) is 5.32 Å². The summed E-state index contributed by atoms with van der Waals surface area (Å²) in [7, 11) is 0. The van der Waals surface area contributed by atoms with Crippen molar-refractivity contribution >= 4 is 0 Å². The van der Waals surface area contributed by atoms with E-state index in [1.807, 2.05) is 6.07 Å². The summed E-state index contributed by atoms with van der Waals surface area (Å²) in [5.41, 5.74) is 1.17. The van der Waals surface area contributed by atoms with Crippen molar-refractivity contribution in [2.24, 2.45) is 0 Å². The first kappa shape index (κ1) is 12.3. The first-order valence-corrected chi connectivity index (χ1v) is 5.71. The quantitative estimate of drug-likeness (QED) is 0.671. The summed E-state index contributed by atoms with van der Waals surface area (Å²) in [5.74, 6) is 0. The Balaban J connectivity index is 2.39. The fraction of sp³-hybridized carbons (Fsp3) is 0.667. The van der Waals surface area contributed by atoms with Crippen molar-refractivity contribution in [3.63, 3.8) is 0 Å². The molecule has 3 nitrogen and oxygen atoms in total. The zero-order chi connectivity index (χ0) is 10.9. The summed E-state index contributed by atoms with van der Waals surface area (Å²) < 4.78 is 10.6. The topological polar surface area (TPSA) is 34.4 Å². The molecule has 0 fully saturated rings. The van der Waals surface area contributed by atoms with Crippen LogP contribution < -0.4 is 5.32 Å². The molecule has 1 aromatic rings. The van der Waals surface area contributed by atoms with Gasteiger partial charge in [-0.15, -0.1) is 0 Å². The van der Waals surface area contributed by atoms with E-state index in [2.05, 4.69) is 19.2 Å². The first-order chi connectivity index (χ1) is 7.38. The van der Waals surface area contributed by atoms with Gasteiger partial charge in [0, 0.05) is 12.2 Å². The molecule has 86 valence electrons. The van der Waals surface area contributed by atoms with Crippen LogP contribution in [0, 0.1) is 0 Å². The Labute approximate surface area is 91.8 Å². The Bertz CT molecular complexity index is 234. The zero-order valence-corrected chi connectivity index (χ0v) is 9.66. The van der Waals surface area contributed by atoms with Crippen LogP contribution in [0.5, 0.6) is 0 Å². The van der Waals surface area contributed by atoms with Crippen LogP contribution in [0.3, 0.4) is 0 Å². The average molecular weight is 211 g/mol. The minimum atomic E-state index is 0.259. The maximum Gasteiger partial charge on any atom is 0.0951 e. The predicted octanol–water partition coefficient (Wildman–Crippen LogP) is 2.75. The lowest BCUT2D eigenvalue weighted by atomic mass is 10.1. The molecule has 0 saturated carbocycles. The van der Waals surface area contributed by atoms with Crippen molar-refractivity contribution in [1.29, 1.82) is 0 Å². The van der Waals surface area contributed by atoms with E-state index in [0.717, 1.165) is 26.0 Å². The molecule has 1 N–H and O–H groups in total. The zero-order valence-electron chi connectivity index (χ0n) is 9.66. The average Bonchev–Trinajstić information content (AvgIpc) is 2.76. The summed E-state index contributed by atoms with van der Waals surface area (Å²) in [5, 5.41) is 3.45. The molecule has 0 bridgehead atoms. The minimum Gasteiger partial charge on any atom is -0.472 e. The lowest BCUT2D eigenvalue weighted by molar-refractivity contribution is 0.112. The third-order valence-corrected chi connectivity index (χ3v) is 2.22. The van der Waals surface area contributed by atoms with E-state index in [0.29, 0.717) is 6.61 Å². The molecule has 1 unspecified atom stereocenters.